The van der Waals surface area contributed by atoms with Gasteiger partial charge in [-0.2, -0.15) is 5.10 Å². The Hall–Kier alpha value is -2.42. The highest BCUT2D eigenvalue weighted by Gasteiger charge is 2.26. The van der Waals surface area contributed by atoms with Gasteiger partial charge < -0.3 is 14.8 Å². The molecule has 2 aromatic rings. The lowest BCUT2D eigenvalue weighted by atomic mass is 9.96. The van der Waals surface area contributed by atoms with Gasteiger partial charge in [0.15, 0.2) is 0 Å². The number of nitrogens with zero attached hydrogens (tertiary/aromatic N) is 7. The Kier molecular flexibility index (Phi) is 5.61. The van der Waals surface area contributed by atoms with Crippen molar-refractivity contribution in [3.63, 3.8) is 0 Å². The molecule has 2 aliphatic rings. The number of nitrogens with one attached hydrogen (secondary N) is 1. The van der Waals surface area contributed by atoms with E-state index >= 15 is 0 Å². The molecule has 0 unspecified atom stereocenters. The van der Waals surface area contributed by atoms with Crippen LogP contribution < -0.4 is 5.32 Å². The van der Waals surface area contributed by atoms with Crippen molar-refractivity contribution in [2.75, 3.05) is 26.2 Å². The first-order valence-corrected chi connectivity index (χ1v) is 10.3. The second-order valence-corrected chi connectivity index (χ2v) is 7.85. The van der Waals surface area contributed by atoms with Crippen LogP contribution in [0.4, 0.5) is 4.79 Å². The molecule has 1 fully saturated rings. The van der Waals surface area contributed by atoms with Crippen LogP contribution in [0.3, 0.4) is 0 Å². The van der Waals surface area contributed by atoms with E-state index in [1.807, 2.05) is 16.5 Å². The Morgan fingerprint density at radius 3 is 2.79 bits per heavy atom. The molecular weight excluding hydrogens is 356 g/mol. The van der Waals surface area contributed by atoms with Gasteiger partial charge >= 0.3 is 6.03 Å². The summed E-state index contributed by atoms with van der Waals surface area (Å²) in [7, 11) is 2.02. The van der Waals surface area contributed by atoms with Gasteiger partial charge in [0.05, 0.1) is 24.5 Å². The van der Waals surface area contributed by atoms with Crippen molar-refractivity contribution in [2.45, 2.75) is 51.7 Å². The molecule has 0 aliphatic carbocycles. The maximum Gasteiger partial charge on any atom is 0.317 e. The van der Waals surface area contributed by atoms with Crippen LogP contribution in [0.5, 0.6) is 0 Å². The fraction of sp³-hybridized carbons (Fsp3) is 0.684. The summed E-state index contributed by atoms with van der Waals surface area (Å²) < 4.78 is 4.09. The van der Waals surface area contributed by atoms with Gasteiger partial charge in [0, 0.05) is 32.6 Å². The van der Waals surface area contributed by atoms with Crippen LogP contribution in [-0.2, 0) is 26.7 Å². The molecule has 2 aromatic heterocycles. The summed E-state index contributed by atoms with van der Waals surface area (Å²) in [6.07, 6.45) is 4.94. The first kappa shape index (κ1) is 18.9. The van der Waals surface area contributed by atoms with Gasteiger partial charge in [-0.15, -0.1) is 10.2 Å². The van der Waals surface area contributed by atoms with Gasteiger partial charge in [-0.3, -0.25) is 9.58 Å². The molecule has 4 heterocycles. The maximum atomic E-state index is 12.2. The fourth-order valence-corrected chi connectivity index (χ4v) is 4.16. The summed E-state index contributed by atoms with van der Waals surface area (Å²) in [4.78, 5) is 16.6. The molecule has 152 valence electrons. The van der Waals surface area contributed by atoms with Crippen LogP contribution in [0.2, 0.25) is 0 Å². The molecule has 0 spiro atoms. The fourth-order valence-electron chi connectivity index (χ4n) is 4.16. The smallest absolute Gasteiger partial charge is 0.317 e. The standard InChI is InChI=1S/C19H30N8O/c1-3-6-20-19(28)26-9-10-27-17(13-26)11-16(23-27)12-25-7-4-15(5-8-25)18-22-21-14-24(18)2/h11,14-15H,3-10,12-13H2,1-2H3,(H,20,28). The van der Waals surface area contributed by atoms with Crippen molar-refractivity contribution in [1.82, 2.24) is 39.7 Å². The molecule has 0 aromatic carbocycles. The molecule has 1 N–H and O–H groups in total. The summed E-state index contributed by atoms with van der Waals surface area (Å²) in [5.74, 6) is 1.59. The van der Waals surface area contributed by atoms with Crippen molar-refractivity contribution < 1.29 is 4.79 Å². The van der Waals surface area contributed by atoms with Crippen LogP contribution in [0.1, 0.15) is 49.3 Å². The topological polar surface area (TPSA) is 84.1 Å². The van der Waals surface area contributed by atoms with E-state index in [1.165, 1.54) is 0 Å². The Morgan fingerprint density at radius 2 is 2.07 bits per heavy atom. The van der Waals surface area contributed by atoms with E-state index in [2.05, 4.69) is 38.1 Å². The average Bonchev–Trinajstić information content (AvgIpc) is 3.31. The number of carbonyl (C=O) groups excluding carboxylic acids is 1. The second kappa shape index (κ2) is 8.30. The SMILES string of the molecule is CCCNC(=O)N1CCn2nc(CN3CCC(c4nncn4C)CC3)cc2C1. The van der Waals surface area contributed by atoms with Gasteiger partial charge in [0.2, 0.25) is 0 Å². The summed E-state index contributed by atoms with van der Waals surface area (Å²) in [6.45, 7) is 7.87. The van der Waals surface area contributed by atoms with E-state index in [1.54, 1.807) is 6.33 Å². The van der Waals surface area contributed by atoms with Crippen LogP contribution in [0.15, 0.2) is 12.4 Å². The second-order valence-electron chi connectivity index (χ2n) is 7.85. The number of fused-ring (bicyclic) bond motifs is 1. The minimum absolute atomic E-state index is 0.0293. The summed E-state index contributed by atoms with van der Waals surface area (Å²) in [5, 5.41) is 16.0. The Labute approximate surface area is 165 Å². The number of hydrogen-bond donors (Lipinski definition) is 1. The normalized spacial score (nSPS) is 18.3. The molecule has 0 atom stereocenters. The van der Waals surface area contributed by atoms with Gasteiger partial charge in [-0.05, 0) is 38.4 Å². The quantitative estimate of drug-likeness (QED) is 0.838. The third-order valence-electron chi connectivity index (χ3n) is 5.75. The van der Waals surface area contributed by atoms with E-state index in [-0.39, 0.29) is 6.03 Å². The highest BCUT2D eigenvalue weighted by atomic mass is 16.2. The molecule has 2 amide bonds. The average molecular weight is 387 g/mol. The number of aryl methyl sites for hydroxylation is 1. The first-order valence-electron chi connectivity index (χ1n) is 10.3. The van der Waals surface area contributed by atoms with Crippen molar-refractivity contribution in [3.8, 4) is 0 Å². The zero-order chi connectivity index (χ0) is 19.5. The highest BCUT2D eigenvalue weighted by Crippen LogP contribution is 2.27. The highest BCUT2D eigenvalue weighted by molar-refractivity contribution is 5.74. The zero-order valence-electron chi connectivity index (χ0n) is 16.8. The minimum Gasteiger partial charge on any atom is -0.338 e. The molecule has 1 saturated heterocycles. The van der Waals surface area contributed by atoms with E-state index in [4.69, 9.17) is 5.10 Å². The van der Waals surface area contributed by atoms with Crippen LogP contribution in [-0.4, -0.2) is 66.6 Å². The van der Waals surface area contributed by atoms with Crippen molar-refractivity contribution in [2.24, 2.45) is 7.05 Å². The molecule has 0 bridgehead atoms. The Balaban J connectivity index is 1.31. The van der Waals surface area contributed by atoms with Gasteiger partial charge in [-0.25, -0.2) is 4.79 Å². The summed E-state index contributed by atoms with van der Waals surface area (Å²) in [6, 6.07) is 2.19. The maximum absolute atomic E-state index is 12.2. The summed E-state index contributed by atoms with van der Waals surface area (Å²) in [5.41, 5.74) is 2.23. The van der Waals surface area contributed by atoms with E-state index in [0.717, 1.165) is 69.2 Å². The number of carbonyl (C=O) groups is 1. The van der Waals surface area contributed by atoms with Crippen molar-refractivity contribution in [1.29, 1.82) is 0 Å². The number of likely N-dealkylation sites (tertiary alicyclic amines) is 1. The van der Waals surface area contributed by atoms with E-state index in [9.17, 15) is 4.79 Å². The lowest BCUT2D eigenvalue weighted by Gasteiger charge is -2.30. The first-order chi connectivity index (χ1) is 13.6. The van der Waals surface area contributed by atoms with E-state index in [0.29, 0.717) is 19.0 Å². The number of aromatic nitrogens is 5. The van der Waals surface area contributed by atoms with Crippen LogP contribution in [0, 0.1) is 0 Å². The molecule has 28 heavy (non-hydrogen) atoms. The lowest BCUT2D eigenvalue weighted by Crippen LogP contribution is -2.44. The molecule has 0 saturated carbocycles. The molecule has 4 rings (SSSR count). The number of urea groups is 1. The van der Waals surface area contributed by atoms with Gasteiger partial charge in [-0.1, -0.05) is 6.92 Å². The largest absolute Gasteiger partial charge is 0.338 e. The van der Waals surface area contributed by atoms with Gasteiger partial charge in [0.1, 0.15) is 12.2 Å². The number of amides is 2. The van der Waals surface area contributed by atoms with Crippen molar-refractivity contribution in [3.05, 3.63) is 29.6 Å². The van der Waals surface area contributed by atoms with Crippen LogP contribution in [0.25, 0.3) is 0 Å². The van der Waals surface area contributed by atoms with E-state index < -0.39 is 0 Å². The molecule has 9 heteroatoms. The summed E-state index contributed by atoms with van der Waals surface area (Å²) >= 11 is 0. The monoisotopic (exact) mass is 386 g/mol. The number of piperidine rings is 1. The van der Waals surface area contributed by atoms with Crippen LogP contribution >= 0.6 is 0 Å². The number of hydrogen-bond acceptors (Lipinski definition) is 5. The Bertz CT molecular complexity index is 805. The number of rotatable bonds is 5. The third-order valence-corrected chi connectivity index (χ3v) is 5.75. The molecular formula is C19H30N8O. The van der Waals surface area contributed by atoms with Crippen molar-refractivity contribution >= 4 is 6.03 Å². The minimum atomic E-state index is 0.0293. The Morgan fingerprint density at radius 1 is 1.25 bits per heavy atom. The van der Waals surface area contributed by atoms with Gasteiger partial charge in [0.25, 0.3) is 0 Å². The molecule has 0 radical (unpaired) electrons. The molecule has 9 nitrogen and oxygen atoms in total. The lowest BCUT2D eigenvalue weighted by molar-refractivity contribution is 0.180. The molecule has 2 aliphatic heterocycles. The predicted octanol–water partition coefficient (Wildman–Crippen LogP) is 1.33. The third kappa shape index (κ3) is 4.04. The zero-order valence-corrected chi connectivity index (χ0v) is 16.8. The predicted molar refractivity (Wildman–Crippen MR) is 105 cm³/mol.